The van der Waals surface area contributed by atoms with Crippen LogP contribution in [0.4, 0.5) is 0 Å². The second kappa shape index (κ2) is 37.1. The molecule has 6 heteroatoms. The van der Waals surface area contributed by atoms with Gasteiger partial charge in [0.1, 0.15) is 0 Å². The molecule has 14 heavy (non-hydrogen) atoms. The zero-order valence-electron chi connectivity index (χ0n) is 8.78. The van der Waals surface area contributed by atoms with Gasteiger partial charge in [0.25, 0.3) is 0 Å². The summed E-state index contributed by atoms with van der Waals surface area (Å²) in [6, 6.07) is 0. The molecular weight excluding hydrogens is 214 g/mol. The van der Waals surface area contributed by atoms with E-state index in [1.807, 2.05) is 0 Å². The predicted octanol–water partition coefficient (Wildman–Crippen LogP) is 1.22. The molecular formula is C8H18Al2O4. The van der Waals surface area contributed by atoms with Crippen LogP contribution in [0.1, 0.15) is 45.4 Å². The Morgan fingerprint density at radius 3 is 1.43 bits per heavy atom. The van der Waals surface area contributed by atoms with Crippen molar-refractivity contribution < 1.29 is 21.5 Å². The number of aliphatic hydroxyl groups is 1. The monoisotopic (exact) mass is 232 g/mol. The Bertz CT molecular complexity index is 52.6. The molecule has 0 aliphatic rings. The van der Waals surface area contributed by atoms with E-state index in [9.17, 15) is 0 Å². The Morgan fingerprint density at radius 2 is 1.07 bits per heavy atom. The summed E-state index contributed by atoms with van der Waals surface area (Å²) in [6.45, 7) is 2.58. The van der Waals surface area contributed by atoms with Crippen molar-refractivity contribution in [2.24, 2.45) is 0 Å². The Morgan fingerprint density at radius 1 is 0.714 bits per heavy atom. The molecule has 0 fully saturated rings. The zero-order valence-corrected chi connectivity index (χ0v) is 11.1. The first-order valence-corrected chi connectivity index (χ1v) is 4.02. The predicted molar refractivity (Wildman–Crippen MR) is 54.0 cm³/mol. The van der Waals surface area contributed by atoms with Gasteiger partial charge in [-0.25, -0.2) is 0 Å². The molecule has 0 aliphatic carbocycles. The van der Waals surface area contributed by atoms with Gasteiger partial charge in [0.2, 0.25) is 0 Å². The maximum absolute atomic E-state index is 8.42. The van der Waals surface area contributed by atoms with Gasteiger partial charge < -0.3 is 21.5 Å². The van der Waals surface area contributed by atoms with Crippen LogP contribution >= 0.6 is 0 Å². The number of hydrogen-bond donors (Lipinski definition) is 1. The third kappa shape index (κ3) is 38.4. The number of hydrogen-bond acceptors (Lipinski definition) is 1. The van der Waals surface area contributed by atoms with Crippen LogP contribution < -0.4 is 0 Å². The minimum absolute atomic E-state index is 0. The molecule has 0 aliphatic heterocycles. The third-order valence-electron chi connectivity index (χ3n) is 1.51. The fourth-order valence-corrected chi connectivity index (χ4v) is 0.892. The third-order valence-corrected chi connectivity index (χ3v) is 1.51. The summed E-state index contributed by atoms with van der Waals surface area (Å²) in [7, 11) is 0. The Labute approximate surface area is 108 Å². The maximum Gasteiger partial charge on any atom is 3.00 e. The molecule has 4 nitrogen and oxygen atoms in total. The summed E-state index contributed by atoms with van der Waals surface area (Å²) in [5.74, 6) is 0. The fourth-order valence-electron chi connectivity index (χ4n) is 0.892. The van der Waals surface area contributed by atoms with Gasteiger partial charge in [-0.15, -0.1) is 0 Å². The minimum atomic E-state index is 0. The van der Waals surface area contributed by atoms with Crippen molar-refractivity contribution in [1.82, 2.24) is 0 Å². The average Bonchev–Trinajstić information content (AvgIpc) is 1.89. The molecule has 0 bridgehead atoms. The topological polar surface area (TPSA) is 106 Å². The molecule has 0 saturated carbocycles. The first-order chi connectivity index (χ1) is 4.41. The van der Waals surface area contributed by atoms with Crippen molar-refractivity contribution in [2.45, 2.75) is 45.4 Å². The Kier molecular flexibility index (Phi) is 96.2. The minimum Gasteiger partial charge on any atom is -2.00 e. The summed E-state index contributed by atoms with van der Waals surface area (Å²) in [5, 5.41) is 8.42. The van der Waals surface area contributed by atoms with E-state index in [4.69, 9.17) is 5.11 Å². The molecule has 80 valence electrons. The maximum atomic E-state index is 8.42. The van der Waals surface area contributed by atoms with E-state index in [2.05, 4.69) is 6.92 Å². The van der Waals surface area contributed by atoms with Gasteiger partial charge in [-0.1, -0.05) is 39.0 Å². The Balaban J connectivity index is -0.0000000320. The number of unbranched alkanes of at least 4 members (excludes halogenated alkanes) is 5. The molecule has 1 N–H and O–H groups in total. The SMILES string of the molecule is CCCCCCCCO.[Al+3].[Al+3].[O-2].[O-2].[O-2]. The van der Waals surface area contributed by atoms with Crippen molar-refractivity contribution in [3.8, 4) is 0 Å². The Hall–Kier alpha value is 0.905. The van der Waals surface area contributed by atoms with Crippen LogP contribution in [0.2, 0.25) is 0 Å². The van der Waals surface area contributed by atoms with E-state index in [1.54, 1.807) is 0 Å². The number of aliphatic hydroxyl groups excluding tert-OH is 1. The van der Waals surface area contributed by atoms with E-state index in [0.717, 1.165) is 6.42 Å². The smallest absolute Gasteiger partial charge is 2.00 e. The van der Waals surface area contributed by atoms with E-state index in [-0.39, 0.29) is 51.2 Å². The normalized spacial score (nSPS) is 6.43. The molecule has 0 spiro atoms. The van der Waals surface area contributed by atoms with E-state index in [1.165, 1.54) is 32.1 Å². The van der Waals surface area contributed by atoms with Gasteiger partial charge in [0.05, 0.1) is 0 Å². The molecule has 0 aromatic heterocycles. The molecule has 0 heterocycles. The average molecular weight is 232 g/mol. The van der Waals surface area contributed by atoms with E-state index >= 15 is 0 Å². The molecule has 0 rings (SSSR count). The first-order valence-electron chi connectivity index (χ1n) is 4.02. The summed E-state index contributed by atoms with van der Waals surface area (Å²) in [5.41, 5.74) is 0. The van der Waals surface area contributed by atoms with Gasteiger partial charge in [0, 0.05) is 6.61 Å². The van der Waals surface area contributed by atoms with E-state index < -0.39 is 0 Å². The number of rotatable bonds is 6. The van der Waals surface area contributed by atoms with Gasteiger partial charge in [-0.05, 0) is 6.42 Å². The van der Waals surface area contributed by atoms with Gasteiger partial charge in [0.15, 0.2) is 0 Å². The second-order valence-corrected chi connectivity index (χ2v) is 2.49. The summed E-state index contributed by atoms with van der Waals surface area (Å²) in [6.07, 6.45) is 7.50. The molecule has 0 unspecified atom stereocenters. The molecule has 0 aromatic carbocycles. The van der Waals surface area contributed by atoms with Gasteiger partial charge in [-0.2, -0.15) is 0 Å². The fraction of sp³-hybridized carbons (Fsp3) is 1.00. The zero-order chi connectivity index (χ0) is 6.95. The largest absolute Gasteiger partial charge is 3.00 e. The van der Waals surface area contributed by atoms with Crippen LogP contribution in [0.25, 0.3) is 0 Å². The van der Waals surface area contributed by atoms with Crippen molar-refractivity contribution in [1.29, 1.82) is 0 Å². The first kappa shape index (κ1) is 36.3. The summed E-state index contributed by atoms with van der Waals surface area (Å²) in [4.78, 5) is 0. The quantitative estimate of drug-likeness (QED) is 0.539. The van der Waals surface area contributed by atoms with Crippen LogP contribution in [0.3, 0.4) is 0 Å². The van der Waals surface area contributed by atoms with Crippen molar-refractivity contribution >= 4 is 34.7 Å². The second-order valence-electron chi connectivity index (χ2n) is 2.49. The van der Waals surface area contributed by atoms with Crippen molar-refractivity contribution in [2.75, 3.05) is 6.61 Å². The summed E-state index contributed by atoms with van der Waals surface area (Å²) >= 11 is 0. The van der Waals surface area contributed by atoms with Crippen LogP contribution in [0.5, 0.6) is 0 Å². The molecule has 0 saturated heterocycles. The van der Waals surface area contributed by atoms with Gasteiger partial charge >= 0.3 is 34.7 Å². The van der Waals surface area contributed by atoms with Crippen LogP contribution in [-0.4, -0.2) is 46.4 Å². The standard InChI is InChI=1S/C8H18O.2Al.3O/c1-2-3-4-5-6-7-8-9;;;;;/h9H,2-8H2,1H3;;;;;/q;2*+3;3*-2. The van der Waals surface area contributed by atoms with Crippen LogP contribution in [0, 0.1) is 0 Å². The van der Waals surface area contributed by atoms with Crippen LogP contribution in [-0.2, 0) is 16.4 Å². The molecule has 0 amide bonds. The molecule has 0 aromatic rings. The van der Waals surface area contributed by atoms with Gasteiger partial charge in [-0.3, -0.25) is 0 Å². The summed E-state index contributed by atoms with van der Waals surface area (Å²) < 4.78 is 0. The molecule has 0 atom stereocenters. The van der Waals surface area contributed by atoms with Crippen molar-refractivity contribution in [3.63, 3.8) is 0 Å². The van der Waals surface area contributed by atoms with E-state index in [0.29, 0.717) is 6.61 Å². The molecule has 0 radical (unpaired) electrons. The van der Waals surface area contributed by atoms with Crippen molar-refractivity contribution in [3.05, 3.63) is 0 Å². The van der Waals surface area contributed by atoms with Crippen LogP contribution in [0.15, 0.2) is 0 Å².